The highest BCUT2D eigenvalue weighted by Gasteiger charge is 2.14. The number of anilines is 1. The van der Waals surface area contributed by atoms with Gasteiger partial charge in [0.2, 0.25) is 0 Å². The molecule has 1 aliphatic heterocycles. The Morgan fingerprint density at radius 2 is 1.81 bits per heavy atom. The average molecular weight is 435 g/mol. The Hall–Kier alpha value is -1.83. The van der Waals surface area contributed by atoms with Gasteiger partial charge in [0, 0.05) is 39.0 Å². The molecule has 0 aromatic heterocycles. The van der Waals surface area contributed by atoms with Crippen LogP contribution in [-0.4, -0.2) is 76.6 Å². The molecule has 1 fully saturated rings. The minimum absolute atomic E-state index is 0.167. The van der Waals surface area contributed by atoms with Crippen LogP contribution in [0.1, 0.15) is 40.0 Å². The Morgan fingerprint density at radius 3 is 2.48 bits per heavy atom. The second kappa shape index (κ2) is 15.1. The molecule has 0 amide bonds. The molecule has 31 heavy (non-hydrogen) atoms. The highest BCUT2D eigenvalue weighted by Crippen LogP contribution is 2.17. The average Bonchev–Trinajstić information content (AvgIpc) is 3.25. The predicted octanol–water partition coefficient (Wildman–Crippen LogP) is 3.62. The molecule has 0 spiro atoms. The molecule has 2 rings (SSSR count). The number of aliphatic imine (C=N–C) groups is 1. The molecular weight excluding hydrogens is 392 g/mol. The molecule has 1 heterocycles. The van der Waals surface area contributed by atoms with Crippen LogP contribution in [0.3, 0.4) is 0 Å². The van der Waals surface area contributed by atoms with Gasteiger partial charge in [-0.3, -0.25) is 4.99 Å². The number of hydrogen-bond donors (Lipinski definition) is 2. The van der Waals surface area contributed by atoms with E-state index in [1.165, 1.54) is 25.9 Å². The van der Waals surface area contributed by atoms with Crippen molar-refractivity contribution in [2.45, 2.75) is 46.1 Å². The summed E-state index contributed by atoms with van der Waals surface area (Å²) in [5.74, 6) is 2.21. The maximum atomic E-state index is 5.74. The van der Waals surface area contributed by atoms with Crippen LogP contribution in [0.4, 0.5) is 5.69 Å². The lowest BCUT2D eigenvalue weighted by atomic mass is 10.2. The first-order valence-electron chi connectivity index (χ1n) is 11.7. The maximum absolute atomic E-state index is 5.74. The summed E-state index contributed by atoms with van der Waals surface area (Å²) in [6, 6.07) is 8.02. The first kappa shape index (κ1) is 25.4. The van der Waals surface area contributed by atoms with E-state index in [0.29, 0.717) is 25.7 Å². The predicted molar refractivity (Wildman–Crippen MR) is 128 cm³/mol. The van der Waals surface area contributed by atoms with E-state index in [0.717, 1.165) is 43.5 Å². The quantitative estimate of drug-likeness (QED) is 0.265. The molecular formula is C24H42N4O3. The summed E-state index contributed by atoms with van der Waals surface area (Å²) in [6.07, 6.45) is 3.73. The van der Waals surface area contributed by atoms with Crippen molar-refractivity contribution in [2.75, 3.05) is 65.0 Å². The standard InChI is InChI=1S/C24H42N4O3/c1-20(2)31-23-10-8-22(9-11-23)27-24(25-12-7-15-30-17-16-29-4)26-18-21(3)19-28-13-5-6-14-28/h8-11,20-21H,5-7,12-19H2,1-4H3,(H2,25,26,27). The molecule has 2 N–H and O–H groups in total. The van der Waals surface area contributed by atoms with Gasteiger partial charge in [0.05, 0.1) is 19.3 Å². The largest absolute Gasteiger partial charge is 0.491 e. The van der Waals surface area contributed by atoms with Gasteiger partial charge in [0.15, 0.2) is 5.96 Å². The number of nitrogens with one attached hydrogen (secondary N) is 2. The lowest BCUT2D eigenvalue weighted by Crippen LogP contribution is -2.33. The minimum Gasteiger partial charge on any atom is -0.491 e. The molecule has 7 heteroatoms. The molecule has 0 aliphatic carbocycles. The number of benzene rings is 1. The van der Waals surface area contributed by atoms with Crippen LogP contribution in [0.15, 0.2) is 29.3 Å². The van der Waals surface area contributed by atoms with Gasteiger partial charge >= 0.3 is 0 Å². The third kappa shape index (κ3) is 11.4. The van der Waals surface area contributed by atoms with Gasteiger partial charge < -0.3 is 29.7 Å². The SMILES string of the molecule is COCCOCCCNC(=NCC(C)CN1CCCC1)Nc1ccc(OC(C)C)cc1. The van der Waals surface area contributed by atoms with Crippen molar-refractivity contribution >= 4 is 11.6 Å². The Labute approximate surface area is 188 Å². The van der Waals surface area contributed by atoms with Crippen molar-refractivity contribution in [3.8, 4) is 5.75 Å². The third-order valence-corrected chi connectivity index (χ3v) is 5.01. The smallest absolute Gasteiger partial charge is 0.195 e. The maximum Gasteiger partial charge on any atom is 0.195 e. The molecule has 1 unspecified atom stereocenters. The van der Waals surface area contributed by atoms with Crippen LogP contribution >= 0.6 is 0 Å². The Kier molecular flexibility index (Phi) is 12.3. The van der Waals surface area contributed by atoms with Crippen LogP contribution in [0.25, 0.3) is 0 Å². The molecule has 7 nitrogen and oxygen atoms in total. The molecule has 1 atom stereocenters. The van der Waals surface area contributed by atoms with E-state index < -0.39 is 0 Å². The van der Waals surface area contributed by atoms with Gasteiger partial charge in [0.25, 0.3) is 0 Å². The van der Waals surface area contributed by atoms with E-state index in [1.807, 2.05) is 38.1 Å². The first-order valence-corrected chi connectivity index (χ1v) is 11.7. The fourth-order valence-corrected chi connectivity index (χ4v) is 3.50. The number of hydrogen-bond acceptors (Lipinski definition) is 5. The van der Waals surface area contributed by atoms with Crippen molar-refractivity contribution in [1.29, 1.82) is 0 Å². The Bertz CT molecular complexity index is 616. The lowest BCUT2D eigenvalue weighted by molar-refractivity contribution is 0.0699. The van der Waals surface area contributed by atoms with E-state index in [1.54, 1.807) is 7.11 Å². The van der Waals surface area contributed by atoms with Gasteiger partial charge in [-0.1, -0.05) is 6.92 Å². The normalized spacial score (nSPS) is 16.0. The Balaban J connectivity index is 1.86. The van der Waals surface area contributed by atoms with Crippen LogP contribution in [0, 0.1) is 5.92 Å². The number of guanidine groups is 1. The van der Waals surface area contributed by atoms with Gasteiger partial charge in [0.1, 0.15) is 5.75 Å². The van der Waals surface area contributed by atoms with E-state index >= 15 is 0 Å². The zero-order chi connectivity index (χ0) is 22.3. The third-order valence-electron chi connectivity index (χ3n) is 5.01. The Morgan fingerprint density at radius 1 is 1.06 bits per heavy atom. The van der Waals surface area contributed by atoms with Crippen molar-refractivity contribution in [3.63, 3.8) is 0 Å². The summed E-state index contributed by atoms with van der Waals surface area (Å²) in [6.45, 7) is 13.5. The highest BCUT2D eigenvalue weighted by molar-refractivity contribution is 5.93. The van der Waals surface area contributed by atoms with Crippen LogP contribution in [0.5, 0.6) is 5.75 Å². The number of ether oxygens (including phenoxy) is 3. The summed E-state index contributed by atoms with van der Waals surface area (Å²) in [5.41, 5.74) is 0.992. The highest BCUT2D eigenvalue weighted by atomic mass is 16.5. The molecule has 1 aromatic rings. The molecule has 0 radical (unpaired) electrons. The lowest BCUT2D eigenvalue weighted by Gasteiger charge is -2.19. The summed E-state index contributed by atoms with van der Waals surface area (Å²) in [4.78, 5) is 7.40. The van der Waals surface area contributed by atoms with Crippen molar-refractivity contribution in [2.24, 2.45) is 10.9 Å². The molecule has 0 saturated carbocycles. The summed E-state index contributed by atoms with van der Waals surface area (Å²) in [7, 11) is 1.69. The minimum atomic E-state index is 0.167. The number of rotatable bonds is 14. The second-order valence-corrected chi connectivity index (χ2v) is 8.50. The monoisotopic (exact) mass is 434 g/mol. The van der Waals surface area contributed by atoms with E-state index in [4.69, 9.17) is 19.2 Å². The first-order chi connectivity index (χ1) is 15.1. The fourth-order valence-electron chi connectivity index (χ4n) is 3.50. The number of nitrogens with zero attached hydrogens (tertiary/aromatic N) is 2. The molecule has 176 valence electrons. The van der Waals surface area contributed by atoms with Crippen LogP contribution < -0.4 is 15.4 Å². The molecule has 1 aliphatic rings. The van der Waals surface area contributed by atoms with E-state index in [9.17, 15) is 0 Å². The van der Waals surface area contributed by atoms with E-state index in [2.05, 4.69) is 22.5 Å². The molecule has 0 bridgehead atoms. The van der Waals surface area contributed by atoms with Crippen LogP contribution in [-0.2, 0) is 9.47 Å². The zero-order valence-corrected chi connectivity index (χ0v) is 19.9. The second-order valence-electron chi connectivity index (χ2n) is 8.50. The van der Waals surface area contributed by atoms with Gasteiger partial charge in [-0.25, -0.2) is 0 Å². The van der Waals surface area contributed by atoms with Crippen molar-refractivity contribution in [1.82, 2.24) is 10.2 Å². The fraction of sp³-hybridized carbons (Fsp3) is 0.708. The van der Waals surface area contributed by atoms with Crippen molar-refractivity contribution in [3.05, 3.63) is 24.3 Å². The summed E-state index contributed by atoms with van der Waals surface area (Å²) in [5, 5.41) is 6.87. The van der Waals surface area contributed by atoms with Crippen molar-refractivity contribution < 1.29 is 14.2 Å². The number of methoxy groups -OCH3 is 1. The van der Waals surface area contributed by atoms with E-state index in [-0.39, 0.29) is 6.10 Å². The summed E-state index contributed by atoms with van der Waals surface area (Å²) >= 11 is 0. The van der Waals surface area contributed by atoms with Crippen LogP contribution in [0.2, 0.25) is 0 Å². The summed E-state index contributed by atoms with van der Waals surface area (Å²) < 4.78 is 16.3. The van der Waals surface area contributed by atoms with Gasteiger partial charge in [-0.15, -0.1) is 0 Å². The van der Waals surface area contributed by atoms with Gasteiger partial charge in [-0.05, 0) is 76.4 Å². The zero-order valence-electron chi connectivity index (χ0n) is 19.9. The molecule has 1 saturated heterocycles. The number of likely N-dealkylation sites (tertiary alicyclic amines) is 1. The molecule has 1 aromatic carbocycles. The topological polar surface area (TPSA) is 67.4 Å². The van der Waals surface area contributed by atoms with Gasteiger partial charge in [-0.2, -0.15) is 0 Å².